The van der Waals surface area contributed by atoms with Crippen molar-refractivity contribution in [2.75, 3.05) is 13.3 Å². The van der Waals surface area contributed by atoms with Gasteiger partial charge in [-0.15, -0.1) is 13.2 Å². The van der Waals surface area contributed by atoms with Crippen molar-refractivity contribution in [3.05, 3.63) is 29.8 Å². The zero-order valence-corrected chi connectivity index (χ0v) is 8.96. The zero-order chi connectivity index (χ0) is 12.3. The van der Waals surface area contributed by atoms with Crippen LogP contribution in [-0.2, 0) is 11.2 Å². The van der Waals surface area contributed by atoms with Crippen LogP contribution in [-0.4, -0.2) is 25.7 Å². The third-order valence-electron chi connectivity index (χ3n) is 2.41. The van der Waals surface area contributed by atoms with Crippen molar-refractivity contribution in [3.63, 3.8) is 0 Å². The molecular formula is C11H12F3NO2. The van der Waals surface area contributed by atoms with Gasteiger partial charge in [0.15, 0.2) is 0 Å². The highest BCUT2D eigenvalue weighted by Crippen LogP contribution is 2.23. The molecule has 1 aliphatic heterocycles. The molecule has 3 nitrogen and oxygen atoms in total. The number of nitrogens with one attached hydrogen (secondary N) is 1. The van der Waals surface area contributed by atoms with Crippen molar-refractivity contribution in [3.8, 4) is 5.75 Å². The van der Waals surface area contributed by atoms with E-state index >= 15 is 0 Å². The zero-order valence-electron chi connectivity index (χ0n) is 8.96. The fraction of sp³-hybridized carbons (Fsp3) is 0.455. The van der Waals surface area contributed by atoms with E-state index in [0.29, 0.717) is 13.2 Å². The molecule has 1 aromatic rings. The third-order valence-corrected chi connectivity index (χ3v) is 2.41. The molecule has 17 heavy (non-hydrogen) atoms. The number of alkyl halides is 3. The summed E-state index contributed by atoms with van der Waals surface area (Å²) in [6.07, 6.45) is -3.87. The molecule has 1 saturated heterocycles. The molecule has 6 heteroatoms. The highest BCUT2D eigenvalue weighted by Gasteiger charge is 2.30. The number of rotatable bonds is 3. The van der Waals surface area contributed by atoms with E-state index in [1.807, 2.05) is 0 Å². The van der Waals surface area contributed by atoms with Crippen molar-refractivity contribution in [1.82, 2.24) is 5.32 Å². The number of benzene rings is 1. The van der Waals surface area contributed by atoms with Crippen molar-refractivity contribution in [1.29, 1.82) is 0 Å². The van der Waals surface area contributed by atoms with Crippen LogP contribution >= 0.6 is 0 Å². The Balaban J connectivity index is 1.93. The fourth-order valence-corrected chi connectivity index (χ4v) is 1.68. The second-order valence-electron chi connectivity index (χ2n) is 3.78. The predicted molar refractivity (Wildman–Crippen MR) is 54.6 cm³/mol. The quantitative estimate of drug-likeness (QED) is 0.887. The molecule has 1 aliphatic rings. The van der Waals surface area contributed by atoms with Crippen molar-refractivity contribution in [2.24, 2.45) is 0 Å². The smallest absolute Gasteiger partial charge is 0.406 e. The maximum atomic E-state index is 11.9. The van der Waals surface area contributed by atoms with Crippen LogP contribution < -0.4 is 10.1 Å². The van der Waals surface area contributed by atoms with Crippen LogP contribution in [0.25, 0.3) is 0 Å². The van der Waals surface area contributed by atoms with Crippen LogP contribution in [0, 0.1) is 0 Å². The van der Waals surface area contributed by atoms with Crippen LogP contribution in [0.1, 0.15) is 5.56 Å². The lowest BCUT2D eigenvalue weighted by Crippen LogP contribution is -2.17. The van der Waals surface area contributed by atoms with Crippen molar-refractivity contribution >= 4 is 0 Å². The molecule has 1 atom stereocenters. The summed E-state index contributed by atoms with van der Waals surface area (Å²) in [7, 11) is 0. The van der Waals surface area contributed by atoms with Gasteiger partial charge in [-0.2, -0.15) is 0 Å². The highest BCUT2D eigenvalue weighted by atomic mass is 19.4. The minimum absolute atomic E-state index is 0.0874. The molecule has 1 unspecified atom stereocenters. The van der Waals surface area contributed by atoms with Crippen LogP contribution in [0.4, 0.5) is 13.2 Å². The first kappa shape index (κ1) is 12.2. The maximum absolute atomic E-state index is 11.9. The molecular weight excluding hydrogens is 235 g/mol. The number of hydrogen-bond acceptors (Lipinski definition) is 3. The van der Waals surface area contributed by atoms with Crippen LogP contribution in [0.15, 0.2) is 24.3 Å². The highest BCUT2D eigenvalue weighted by molar-refractivity contribution is 5.27. The molecule has 2 rings (SSSR count). The van der Waals surface area contributed by atoms with E-state index in [1.54, 1.807) is 12.1 Å². The van der Waals surface area contributed by atoms with Gasteiger partial charge in [0.2, 0.25) is 0 Å². The third kappa shape index (κ3) is 3.90. The SMILES string of the molecule is FC(F)(F)Oc1ccc(CC2CNCO2)cc1. The topological polar surface area (TPSA) is 30.5 Å². The lowest BCUT2D eigenvalue weighted by molar-refractivity contribution is -0.274. The Morgan fingerprint density at radius 3 is 2.53 bits per heavy atom. The van der Waals surface area contributed by atoms with Gasteiger partial charge in [0.05, 0.1) is 12.8 Å². The summed E-state index contributed by atoms with van der Waals surface area (Å²) in [5, 5.41) is 3.04. The van der Waals surface area contributed by atoms with Gasteiger partial charge < -0.3 is 9.47 Å². The van der Waals surface area contributed by atoms with Gasteiger partial charge >= 0.3 is 6.36 Å². The lowest BCUT2D eigenvalue weighted by Gasteiger charge is -2.11. The molecule has 0 bridgehead atoms. The molecule has 0 spiro atoms. The Hall–Kier alpha value is -1.27. The van der Waals surface area contributed by atoms with Crippen LogP contribution in [0.5, 0.6) is 5.75 Å². The summed E-state index contributed by atoms with van der Waals surface area (Å²) in [6, 6.07) is 5.85. The van der Waals surface area contributed by atoms with Gasteiger partial charge in [-0.3, -0.25) is 5.32 Å². The minimum Gasteiger partial charge on any atom is -0.406 e. The van der Waals surface area contributed by atoms with E-state index in [0.717, 1.165) is 12.1 Å². The molecule has 1 fully saturated rings. The number of hydrogen-bond donors (Lipinski definition) is 1. The Labute approximate surface area is 96.5 Å². The number of halogens is 3. The van der Waals surface area contributed by atoms with E-state index in [-0.39, 0.29) is 11.9 Å². The predicted octanol–water partition coefficient (Wildman–Crippen LogP) is 2.07. The molecule has 0 radical (unpaired) electrons. The lowest BCUT2D eigenvalue weighted by atomic mass is 10.1. The van der Waals surface area contributed by atoms with Crippen molar-refractivity contribution in [2.45, 2.75) is 18.9 Å². The summed E-state index contributed by atoms with van der Waals surface area (Å²) in [6.45, 7) is 1.29. The first-order chi connectivity index (χ1) is 8.03. The fourth-order valence-electron chi connectivity index (χ4n) is 1.68. The standard InChI is InChI=1S/C11H12F3NO2/c12-11(13,14)17-9-3-1-8(2-4-9)5-10-6-15-7-16-10/h1-4,10,15H,5-7H2. The van der Waals surface area contributed by atoms with Gasteiger partial charge in [0.25, 0.3) is 0 Å². The van der Waals surface area contributed by atoms with Gasteiger partial charge in [0.1, 0.15) is 5.75 Å². The summed E-state index contributed by atoms with van der Waals surface area (Å²) in [4.78, 5) is 0. The average Bonchev–Trinajstić information content (AvgIpc) is 2.71. The summed E-state index contributed by atoms with van der Waals surface area (Å²) < 4.78 is 44.9. The molecule has 1 aromatic carbocycles. The Bertz CT molecular complexity index is 358. The second kappa shape index (κ2) is 4.93. The molecule has 0 amide bonds. The largest absolute Gasteiger partial charge is 0.573 e. The first-order valence-electron chi connectivity index (χ1n) is 5.20. The van der Waals surface area contributed by atoms with Crippen LogP contribution in [0.2, 0.25) is 0 Å². The van der Waals surface area contributed by atoms with E-state index in [9.17, 15) is 13.2 Å². The molecule has 1 heterocycles. The molecule has 0 aliphatic carbocycles. The van der Waals surface area contributed by atoms with E-state index < -0.39 is 6.36 Å². The van der Waals surface area contributed by atoms with E-state index in [2.05, 4.69) is 10.1 Å². The Morgan fingerprint density at radius 1 is 1.29 bits per heavy atom. The Morgan fingerprint density at radius 2 is 2.00 bits per heavy atom. The molecule has 94 valence electrons. The Kier molecular flexibility index (Phi) is 3.54. The van der Waals surface area contributed by atoms with Crippen LogP contribution in [0.3, 0.4) is 0 Å². The monoisotopic (exact) mass is 247 g/mol. The first-order valence-corrected chi connectivity index (χ1v) is 5.20. The van der Waals surface area contributed by atoms with E-state index in [4.69, 9.17) is 4.74 Å². The summed E-state index contributed by atoms with van der Waals surface area (Å²) in [5.41, 5.74) is 0.924. The molecule has 0 saturated carbocycles. The van der Waals surface area contributed by atoms with Gasteiger partial charge in [-0.25, -0.2) is 0 Å². The molecule has 1 N–H and O–H groups in total. The average molecular weight is 247 g/mol. The minimum atomic E-state index is -4.64. The second-order valence-corrected chi connectivity index (χ2v) is 3.78. The van der Waals surface area contributed by atoms with Gasteiger partial charge in [-0.05, 0) is 24.1 Å². The maximum Gasteiger partial charge on any atom is 0.573 e. The van der Waals surface area contributed by atoms with Gasteiger partial charge in [0, 0.05) is 6.54 Å². The molecule has 0 aromatic heterocycles. The summed E-state index contributed by atoms with van der Waals surface area (Å²) in [5.74, 6) is -0.202. The number of ether oxygens (including phenoxy) is 2. The van der Waals surface area contributed by atoms with E-state index in [1.165, 1.54) is 12.1 Å². The normalized spacial score (nSPS) is 20.5. The summed E-state index contributed by atoms with van der Waals surface area (Å²) >= 11 is 0. The van der Waals surface area contributed by atoms with Gasteiger partial charge in [-0.1, -0.05) is 12.1 Å². The van der Waals surface area contributed by atoms with Crippen molar-refractivity contribution < 1.29 is 22.6 Å².